The molecule has 7 nitrogen and oxygen atoms in total. The van der Waals surface area contributed by atoms with Crippen molar-refractivity contribution < 1.29 is 18.1 Å². The number of fused-ring (bicyclic) bond motifs is 1. The number of halogens is 1. The van der Waals surface area contributed by atoms with Gasteiger partial charge in [-0.05, 0) is 37.3 Å². The Bertz CT molecular complexity index is 1030. The Labute approximate surface area is 172 Å². The van der Waals surface area contributed by atoms with E-state index >= 15 is 0 Å². The zero-order valence-electron chi connectivity index (χ0n) is 14.9. The van der Waals surface area contributed by atoms with E-state index in [4.69, 9.17) is 21.6 Å². The smallest absolute Gasteiger partial charge is 0.265 e. The van der Waals surface area contributed by atoms with Gasteiger partial charge < -0.3 is 10.0 Å². The molecular weight excluding hydrogens is 422 g/mol. The second-order valence-electron chi connectivity index (χ2n) is 6.69. The molecule has 0 saturated carbocycles. The zero-order valence-corrected chi connectivity index (χ0v) is 17.3. The molecule has 148 valence electrons. The van der Waals surface area contributed by atoms with Crippen molar-refractivity contribution in [3.63, 3.8) is 0 Å². The van der Waals surface area contributed by atoms with Crippen LogP contribution >= 0.6 is 23.4 Å². The molecule has 0 radical (unpaired) electrons. The minimum atomic E-state index is -4.11. The second-order valence-corrected chi connectivity index (χ2v) is 10.0. The van der Waals surface area contributed by atoms with Crippen molar-refractivity contribution in [3.05, 3.63) is 52.3 Å². The van der Waals surface area contributed by atoms with Crippen LogP contribution in [0.3, 0.4) is 0 Å². The molecule has 3 rings (SSSR count). The van der Waals surface area contributed by atoms with Crippen LogP contribution in [0.5, 0.6) is 0 Å². The van der Waals surface area contributed by atoms with Gasteiger partial charge >= 0.3 is 0 Å². The molecule has 2 aliphatic rings. The average molecular weight is 440 g/mol. The molecule has 1 aliphatic carbocycles. The van der Waals surface area contributed by atoms with E-state index in [-0.39, 0.29) is 34.6 Å². The van der Waals surface area contributed by atoms with Crippen molar-refractivity contribution in [2.24, 2.45) is 0 Å². The van der Waals surface area contributed by atoms with E-state index in [1.807, 2.05) is 6.92 Å². The number of allylic oxidation sites excluding steroid dienone is 1. The molecule has 1 aliphatic heterocycles. The molecule has 28 heavy (non-hydrogen) atoms. The number of amidine groups is 1. The number of nitrogens with zero attached hydrogens (tertiary/aromatic N) is 2. The predicted molar refractivity (Wildman–Crippen MR) is 111 cm³/mol. The third kappa shape index (κ3) is 3.65. The number of anilines is 1. The Balaban J connectivity index is 2.07. The summed E-state index contributed by atoms with van der Waals surface area (Å²) in [5.74, 6) is -0.232. The summed E-state index contributed by atoms with van der Waals surface area (Å²) in [6.45, 7) is 1.86. The average Bonchev–Trinajstić information content (AvgIpc) is 2.82. The Morgan fingerprint density at radius 1 is 1.43 bits per heavy atom. The van der Waals surface area contributed by atoms with Gasteiger partial charge in [-0.2, -0.15) is 25.4 Å². The number of thioether (sulfide) groups is 1. The number of nitrogens with one attached hydrogen (secondary N) is 1. The minimum Gasteiger partial charge on any atom is -0.512 e. The summed E-state index contributed by atoms with van der Waals surface area (Å²) in [4.78, 5) is 1.71. The van der Waals surface area contributed by atoms with Crippen LogP contribution < -0.4 is 4.90 Å². The molecule has 0 fully saturated rings. The van der Waals surface area contributed by atoms with E-state index in [9.17, 15) is 18.8 Å². The molecule has 1 aromatic rings. The van der Waals surface area contributed by atoms with Crippen molar-refractivity contribution in [1.82, 2.24) is 0 Å². The molecule has 0 spiro atoms. The van der Waals surface area contributed by atoms with E-state index in [1.54, 1.807) is 29.2 Å². The Hall–Kier alpha value is -1.99. The Kier molecular flexibility index (Phi) is 5.51. The van der Waals surface area contributed by atoms with Gasteiger partial charge in [-0.3, -0.25) is 9.96 Å². The Morgan fingerprint density at radius 2 is 2.07 bits per heavy atom. The maximum atomic E-state index is 11.1. The highest BCUT2D eigenvalue weighted by molar-refractivity contribution is 8.00. The summed E-state index contributed by atoms with van der Waals surface area (Å²) < 4.78 is 31.2. The SMILES string of the molecule is C[C@@]12C(=C(C#N)C(=N)N1c1ccc(Cl)cc1)C=C(O)C[C@H]2SCCS(=O)(=O)O. The third-order valence-electron chi connectivity index (χ3n) is 4.93. The van der Waals surface area contributed by atoms with Crippen LogP contribution in [0.1, 0.15) is 13.3 Å². The van der Waals surface area contributed by atoms with Gasteiger partial charge in [0.15, 0.2) is 0 Å². The van der Waals surface area contributed by atoms with Crippen molar-refractivity contribution in [3.8, 4) is 6.07 Å². The largest absolute Gasteiger partial charge is 0.512 e. The summed E-state index contributed by atoms with van der Waals surface area (Å²) in [6, 6.07) is 8.93. The predicted octanol–water partition coefficient (Wildman–Crippen LogP) is 3.55. The number of benzene rings is 1. The highest BCUT2D eigenvalue weighted by Crippen LogP contribution is 2.50. The van der Waals surface area contributed by atoms with Crippen molar-refractivity contribution in [1.29, 1.82) is 10.7 Å². The van der Waals surface area contributed by atoms with Crippen LogP contribution in [0.15, 0.2) is 47.2 Å². The first-order valence-electron chi connectivity index (χ1n) is 8.34. The fourth-order valence-electron chi connectivity index (χ4n) is 3.61. The highest BCUT2D eigenvalue weighted by atomic mass is 35.5. The van der Waals surface area contributed by atoms with Crippen molar-refractivity contribution in [2.75, 3.05) is 16.4 Å². The third-order valence-corrected chi connectivity index (χ3v) is 7.63. The maximum absolute atomic E-state index is 11.1. The second kappa shape index (κ2) is 7.44. The lowest BCUT2D eigenvalue weighted by molar-refractivity contribution is 0.356. The molecule has 0 aromatic heterocycles. The van der Waals surface area contributed by atoms with E-state index in [0.29, 0.717) is 16.3 Å². The number of hydrogen-bond donors (Lipinski definition) is 3. The maximum Gasteiger partial charge on any atom is 0.265 e. The fourth-order valence-corrected chi connectivity index (χ4v) is 6.10. The molecule has 0 saturated heterocycles. The van der Waals surface area contributed by atoms with Crippen LogP contribution in [0.2, 0.25) is 5.02 Å². The Morgan fingerprint density at radius 3 is 2.64 bits per heavy atom. The normalized spacial score (nSPS) is 24.8. The molecule has 0 amide bonds. The van der Waals surface area contributed by atoms with Crippen molar-refractivity contribution in [2.45, 2.75) is 24.1 Å². The molecule has 0 bridgehead atoms. The van der Waals surface area contributed by atoms with E-state index in [2.05, 4.69) is 6.07 Å². The van der Waals surface area contributed by atoms with Gasteiger partial charge in [0.2, 0.25) is 0 Å². The molecule has 1 aromatic carbocycles. The van der Waals surface area contributed by atoms with Gasteiger partial charge in [-0.1, -0.05) is 11.6 Å². The minimum absolute atomic E-state index is 0.00801. The summed E-state index contributed by atoms with van der Waals surface area (Å²) in [7, 11) is -4.11. The molecule has 2 atom stereocenters. The first-order valence-corrected chi connectivity index (χ1v) is 11.4. The van der Waals surface area contributed by atoms with Crippen LogP contribution in [-0.4, -0.2) is 46.2 Å². The molecule has 0 unspecified atom stereocenters. The summed E-state index contributed by atoms with van der Waals surface area (Å²) in [5, 5.41) is 28.6. The number of aliphatic hydroxyl groups excluding tert-OH is 1. The van der Waals surface area contributed by atoms with Gasteiger partial charge in [0.05, 0.1) is 17.1 Å². The van der Waals surface area contributed by atoms with Gasteiger partial charge in [0, 0.05) is 33.7 Å². The molecular formula is C18H18ClN3O4S2. The van der Waals surface area contributed by atoms with Gasteiger partial charge in [-0.15, -0.1) is 0 Å². The fraction of sp³-hybridized carbons (Fsp3) is 0.333. The van der Waals surface area contributed by atoms with Crippen LogP contribution in [0.25, 0.3) is 0 Å². The summed E-state index contributed by atoms with van der Waals surface area (Å²) in [6.07, 6.45) is 1.76. The first kappa shape index (κ1) is 20.7. The van der Waals surface area contributed by atoms with E-state index < -0.39 is 21.4 Å². The summed E-state index contributed by atoms with van der Waals surface area (Å²) >= 11 is 7.25. The van der Waals surface area contributed by atoms with Crippen LogP contribution in [0.4, 0.5) is 5.69 Å². The monoisotopic (exact) mass is 439 g/mol. The zero-order chi connectivity index (χ0) is 20.7. The lowest BCUT2D eigenvalue weighted by atomic mass is 9.81. The molecule has 1 heterocycles. The lowest BCUT2D eigenvalue weighted by Crippen LogP contribution is -2.54. The van der Waals surface area contributed by atoms with E-state index in [0.717, 1.165) is 0 Å². The van der Waals surface area contributed by atoms with Crippen LogP contribution in [0, 0.1) is 16.7 Å². The number of rotatable bonds is 5. The number of aliphatic hydroxyl groups is 1. The lowest BCUT2D eigenvalue weighted by Gasteiger charge is -2.45. The van der Waals surface area contributed by atoms with Crippen molar-refractivity contribution >= 4 is 45.0 Å². The standard InChI is InChI=1S/C18H18ClN3O4S2/c1-18-15(8-13(23)9-16(18)27-6-7-28(24,25)26)14(10-20)17(21)22(18)12-4-2-11(19)3-5-12/h2-5,8,16,21,23H,6-7,9H2,1H3,(H,24,25,26)/t16-,18+/m1/s1. The molecule has 3 N–H and O–H groups in total. The first-order chi connectivity index (χ1) is 13.1. The van der Waals surface area contributed by atoms with Gasteiger partial charge in [0.25, 0.3) is 10.1 Å². The van der Waals surface area contributed by atoms with Gasteiger partial charge in [0.1, 0.15) is 17.5 Å². The van der Waals surface area contributed by atoms with Gasteiger partial charge in [-0.25, -0.2) is 0 Å². The number of nitriles is 1. The van der Waals surface area contributed by atoms with E-state index in [1.165, 1.54) is 17.8 Å². The molecule has 10 heteroatoms. The summed E-state index contributed by atoms with van der Waals surface area (Å²) in [5.41, 5.74) is 0.480. The quantitative estimate of drug-likeness (QED) is 0.599. The number of hydrogen-bond acceptors (Lipinski definition) is 6. The van der Waals surface area contributed by atoms with Crippen LogP contribution in [-0.2, 0) is 10.1 Å². The topological polar surface area (TPSA) is 125 Å². The highest BCUT2D eigenvalue weighted by Gasteiger charge is 2.53.